The lowest BCUT2D eigenvalue weighted by Gasteiger charge is -2.12. The van der Waals surface area contributed by atoms with Gasteiger partial charge in [-0.15, -0.1) is 0 Å². The molecule has 1 N–H and O–H groups in total. The smallest absolute Gasteiger partial charge is 0.269 e. The van der Waals surface area contributed by atoms with Crippen LogP contribution in [0.4, 0.5) is 5.69 Å². The predicted molar refractivity (Wildman–Crippen MR) is 87.0 cm³/mol. The third kappa shape index (κ3) is 4.02. The Bertz CT molecular complexity index is 744. The Morgan fingerprint density at radius 2 is 2.05 bits per heavy atom. The number of rotatable bonds is 5. The zero-order chi connectivity index (χ0) is 16.1. The highest BCUT2D eigenvalue weighted by molar-refractivity contribution is 6.34. The van der Waals surface area contributed by atoms with Crippen molar-refractivity contribution in [2.24, 2.45) is 0 Å². The van der Waals surface area contributed by atoms with Crippen LogP contribution in [0.5, 0.6) is 5.75 Å². The fourth-order valence-corrected chi connectivity index (χ4v) is 2.39. The molecule has 5 nitrogen and oxygen atoms in total. The zero-order valence-electron chi connectivity index (χ0n) is 11.8. The zero-order valence-corrected chi connectivity index (χ0v) is 13.3. The predicted octanol–water partition coefficient (Wildman–Crippen LogP) is 3.19. The van der Waals surface area contributed by atoms with Gasteiger partial charge in [0.1, 0.15) is 17.3 Å². The van der Waals surface area contributed by atoms with E-state index in [4.69, 9.17) is 27.9 Å². The summed E-state index contributed by atoms with van der Waals surface area (Å²) in [5, 5.41) is 2.95. The highest BCUT2D eigenvalue weighted by Crippen LogP contribution is 2.23. The largest absolute Gasteiger partial charge is 0.492 e. The van der Waals surface area contributed by atoms with Crippen molar-refractivity contribution < 1.29 is 9.53 Å². The first-order chi connectivity index (χ1) is 10.5. The van der Waals surface area contributed by atoms with E-state index in [0.717, 1.165) is 4.57 Å². The molecular formula is C15H14Cl2N2O3. The second-order valence-electron chi connectivity index (χ2n) is 4.42. The molecule has 0 atom stereocenters. The van der Waals surface area contributed by atoms with Crippen molar-refractivity contribution in [3.05, 3.63) is 56.9 Å². The van der Waals surface area contributed by atoms with Gasteiger partial charge in [-0.05, 0) is 25.1 Å². The number of anilines is 1. The molecule has 0 bridgehead atoms. The number of para-hydroxylation sites is 2. The summed E-state index contributed by atoms with van der Waals surface area (Å²) in [6, 6.07) is 8.39. The third-order valence-corrected chi connectivity index (χ3v) is 3.26. The molecule has 1 amide bonds. The molecule has 2 rings (SSSR count). The SMILES string of the molecule is CCOc1ccccc1NC(=O)Cn1cc(Cl)cc(Cl)c1=O. The Hall–Kier alpha value is -1.98. The van der Waals surface area contributed by atoms with Gasteiger partial charge in [0.15, 0.2) is 0 Å². The molecule has 0 aliphatic rings. The van der Waals surface area contributed by atoms with Crippen LogP contribution in [0.2, 0.25) is 10.0 Å². The minimum atomic E-state index is -0.473. The van der Waals surface area contributed by atoms with E-state index in [0.29, 0.717) is 18.0 Å². The van der Waals surface area contributed by atoms with Crippen molar-refractivity contribution in [1.82, 2.24) is 4.57 Å². The van der Waals surface area contributed by atoms with Gasteiger partial charge in [0.25, 0.3) is 5.56 Å². The van der Waals surface area contributed by atoms with E-state index in [2.05, 4.69) is 5.32 Å². The number of hydrogen-bond donors (Lipinski definition) is 1. The van der Waals surface area contributed by atoms with Gasteiger partial charge in [-0.1, -0.05) is 35.3 Å². The van der Waals surface area contributed by atoms with Gasteiger partial charge in [-0.3, -0.25) is 9.59 Å². The molecule has 116 valence electrons. The molecule has 0 radical (unpaired) electrons. The first-order valence-corrected chi connectivity index (χ1v) is 7.34. The van der Waals surface area contributed by atoms with Gasteiger partial charge in [0, 0.05) is 6.20 Å². The number of halogens is 2. The maximum absolute atomic E-state index is 12.1. The quantitative estimate of drug-likeness (QED) is 0.909. The normalized spacial score (nSPS) is 10.3. The molecule has 7 heteroatoms. The number of amides is 1. The number of aromatic nitrogens is 1. The summed E-state index contributed by atoms with van der Waals surface area (Å²) in [7, 11) is 0. The standard InChI is InChI=1S/C15H14Cl2N2O3/c1-2-22-13-6-4-3-5-12(13)18-14(20)9-19-8-10(16)7-11(17)15(19)21/h3-8H,2,9H2,1H3,(H,18,20). The van der Waals surface area contributed by atoms with E-state index in [1.54, 1.807) is 18.2 Å². The molecule has 1 aromatic carbocycles. The van der Waals surface area contributed by atoms with Crippen molar-refractivity contribution in [2.75, 3.05) is 11.9 Å². The highest BCUT2D eigenvalue weighted by Gasteiger charge is 2.11. The van der Waals surface area contributed by atoms with Crippen molar-refractivity contribution in [1.29, 1.82) is 0 Å². The van der Waals surface area contributed by atoms with Gasteiger partial charge in [0.2, 0.25) is 5.91 Å². The molecule has 0 aliphatic carbocycles. The Labute approximate surface area is 137 Å². The number of ether oxygens (including phenoxy) is 1. The van der Waals surface area contributed by atoms with Gasteiger partial charge in [-0.2, -0.15) is 0 Å². The summed E-state index contributed by atoms with van der Waals surface area (Å²) in [5.74, 6) is 0.183. The summed E-state index contributed by atoms with van der Waals surface area (Å²) in [6.07, 6.45) is 1.36. The molecule has 1 heterocycles. The Morgan fingerprint density at radius 3 is 2.77 bits per heavy atom. The first kappa shape index (κ1) is 16.4. The fourth-order valence-electron chi connectivity index (χ4n) is 1.88. The number of nitrogens with zero attached hydrogens (tertiary/aromatic N) is 1. The topological polar surface area (TPSA) is 60.3 Å². The van der Waals surface area contributed by atoms with E-state index < -0.39 is 5.56 Å². The lowest BCUT2D eigenvalue weighted by atomic mass is 10.3. The second-order valence-corrected chi connectivity index (χ2v) is 5.26. The van der Waals surface area contributed by atoms with E-state index in [-0.39, 0.29) is 22.5 Å². The van der Waals surface area contributed by atoms with E-state index in [1.807, 2.05) is 13.0 Å². The molecule has 0 fully saturated rings. The molecular weight excluding hydrogens is 327 g/mol. The maximum atomic E-state index is 12.1. The fraction of sp³-hybridized carbons (Fsp3) is 0.200. The number of carbonyl (C=O) groups is 1. The summed E-state index contributed by atoms with van der Waals surface area (Å²) >= 11 is 11.6. The average Bonchev–Trinajstić information content (AvgIpc) is 2.46. The molecule has 0 saturated carbocycles. The lowest BCUT2D eigenvalue weighted by molar-refractivity contribution is -0.116. The Morgan fingerprint density at radius 1 is 1.32 bits per heavy atom. The third-order valence-electron chi connectivity index (χ3n) is 2.78. The van der Waals surface area contributed by atoms with Gasteiger partial charge in [0.05, 0.1) is 17.3 Å². The first-order valence-electron chi connectivity index (χ1n) is 6.58. The van der Waals surface area contributed by atoms with Gasteiger partial charge in [-0.25, -0.2) is 0 Å². The Balaban J connectivity index is 2.16. The molecule has 22 heavy (non-hydrogen) atoms. The number of hydrogen-bond acceptors (Lipinski definition) is 3. The van der Waals surface area contributed by atoms with E-state index >= 15 is 0 Å². The summed E-state index contributed by atoms with van der Waals surface area (Å²) in [5.41, 5.74) is 0.0647. The average molecular weight is 341 g/mol. The Kier molecular flexibility index (Phi) is 5.46. The van der Waals surface area contributed by atoms with Crippen molar-refractivity contribution in [2.45, 2.75) is 13.5 Å². The number of carbonyl (C=O) groups excluding carboxylic acids is 1. The van der Waals surface area contributed by atoms with Crippen LogP contribution in [0.1, 0.15) is 6.92 Å². The molecule has 0 spiro atoms. The number of pyridine rings is 1. The summed E-state index contributed by atoms with van der Waals surface area (Å²) in [4.78, 5) is 23.9. The van der Waals surface area contributed by atoms with Crippen molar-refractivity contribution in [3.63, 3.8) is 0 Å². The maximum Gasteiger partial charge on any atom is 0.269 e. The van der Waals surface area contributed by atoms with Crippen LogP contribution in [-0.2, 0) is 11.3 Å². The van der Waals surface area contributed by atoms with E-state index in [1.165, 1.54) is 12.3 Å². The van der Waals surface area contributed by atoms with Crippen LogP contribution in [0.15, 0.2) is 41.3 Å². The van der Waals surface area contributed by atoms with Crippen molar-refractivity contribution in [3.8, 4) is 5.75 Å². The highest BCUT2D eigenvalue weighted by atomic mass is 35.5. The van der Waals surface area contributed by atoms with Crippen LogP contribution >= 0.6 is 23.2 Å². The minimum Gasteiger partial charge on any atom is -0.492 e. The second kappa shape index (κ2) is 7.33. The molecule has 0 saturated heterocycles. The molecule has 0 unspecified atom stereocenters. The monoisotopic (exact) mass is 340 g/mol. The molecule has 2 aromatic rings. The van der Waals surface area contributed by atoms with E-state index in [9.17, 15) is 9.59 Å². The van der Waals surface area contributed by atoms with Gasteiger partial charge >= 0.3 is 0 Å². The van der Waals surface area contributed by atoms with Crippen LogP contribution in [-0.4, -0.2) is 17.1 Å². The summed E-state index contributed by atoms with van der Waals surface area (Å²) < 4.78 is 6.58. The van der Waals surface area contributed by atoms with Gasteiger partial charge < -0.3 is 14.6 Å². The lowest BCUT2D eigenvalue weighted by Crippen LogP contribution is -2.27. The van der Waals surface area contributed by atoms with Crippen LogP contribution in [0.25, 0.3) is 0 Å². The molecule has 1 aromatic heterocycles. The molecule has 0 aliphatic heterocycles. The van der Waals surface area contributed by atoms with Crippen molar-refractivity contribution >= 4 is 34.8 Å². The summed E-state index contributed by atoms with van der Waals surface area (Å²) in [6.45, 7) is 2.14. The number of benzene rings is 1. The minimum absolute atomic E-state index is 0.0324. The van der Waals surface area contributed by atoms with Crippen LogP contribution in [0.3, 0.4) is 0 Å². The van der Waals surface area contributed by atoms with Crippen LogP contribution < -0.4 is 15.6 Å². The van der Waals surface area contributed by atoms with Crippen LogP contribution in [0, 0.1) is 0 Å². The number of nitrogens with one attached hydrogen (secondary N) is 1.